The zero-order valence-corrected chi connectivity index (χ0v) is 18.7. The maximum Gasteiger partial charge on any atom is 0.257 e. The third kappa shape index (κ3) is 4.83. The molecule has 1 saturated heterocycles. The van der Waals surface area contributed by atoms with Gasteiger partial charge in [0.15, 0.2) is 0 Å². The molecule has 0 atom stereocenters. The van der Waals surface area contributed by atoms with E-state index >= 15 is 0 Å². The van der Waals surface area contributed by atoms with E-state index in [4.69, 9.17) is 4.98 Å². The lowest BCUT2D eigenvalue weighted by molar-refractivity contribution is -0.123. The number of H-pyrrole nitrogens is 1. The number of anilines is 1. The summed E-state index contributed by atoms with van der Waals surface area (Å²) in [4.78, 5) is 37.7. The molecule has 0 bridgehead atoms. The smallest absolute Gasteiger partial charge is 0.257 e. The van der Waals surface area contributed by atoms with E-state index in [-0.39, 0.29) is 24.1 Å². The van der Waals surface area contributed by atoms with E-state index in [0.717, 1.165) is 42.8 Å². The van der Waals surface area contributed by atoms with E-state index in [9.17, 15) is 9.59 Å². The van der Waals surface area contributed by atoms with E-state index in [1.54, 1.807) is 0 Å². The minimum atomic E-state index is -0.218. The quantitative estimate of drug-likeness (QED) is 0.612. The van der Waals surface area contributed by atoms with Gasteiger partial charge in [-0.05, 0) is 24.0 Å². The Bertz CT molecular complexity index is 1120. The molecule has 33 heavy (non-hydrogen) atoms. The summed E-state index contributed by atoms with van der Waals surface area (Å²) >= 11 is 0. The Balaban J connectivity index is 1.28. The first-order valence-electron chi connectivity index (χ1n) is 11.7. The maximum atomic E-state index is 13.0. The summed E-state index contributed by atoms with van der Waals surface area (Å²) in [6, 6.07) is 19.8. The first-order valence-corrected chi connectivity index (χ1v) is 11.7. The SMILES string of the molecule is O=C(CN1CCc2nc(N3CCCC3)[nH]c(=O)c2C1)NC(c1ccccc1)c1ccccc1. The van der Waals surface area contributed by atoms with Gasteiger partial charge in [0, 0.05) is 32.6 Å². The van der Waals surface area contributed by atoms with Gasteiger partial charge < -0.3 is 10.2 Å². The lowest BCUT2D eigenvalue weighted by Gasteiger charge is -2.29. The lowest BCUT2D eigenvalue weighted by atomic mass is 9.98. The maximum absolute atomic E-state index is 13.0. The highest BCUT2D eigenvalue weighted by Gasteiger charge is 2.25. The van der Waals surface area contributed by atoms with Gasteiger partial charge in [0.1, 0.15) is 0 Å². The number of fused-ring (bicyclic) bond motifs is 1. The Labute approximate surface area is 193 Å². The van der Waals surface area contributed by atoms with E-state index < -0.39 is 0 Å². The molecule has 170 valence electrons. The Morgan fingerprint density at radius 3 is 2.24 bits per heavy atom. The predicted octanol–water partition coefficient (Wildman–Crippen LogP) is 2.63. The molecule has 1 aromatic heterocycles. The molecule has 0 spiro atoms. The van der Waals surface area contributed by atoms with Crippen molar-refractivity contribution < 1.29 is 4.79 Å². The van der Waals surface area contributed by atoms with Crippen LogP contribution in [0.5, 0.6) is 0 Å². The minimum absolute atomic E-state index is 0.0609. The molecule has 0 unspecified atom stereocenters. The van der Waals surface area contributed by atoms with E-state index in [0.29, 0.717) is 31.0 Å². The highest BCUT2D eigenvalue weighted by Crippen LogP contribution is 2.22. The molecule has 2 aliphatic heterocycles. The molecule has 0 saturated carbocycles. The first-order chi connectivity index (χ1) is 16.2. The van der Waals surface area contributed by atoms with E-state index in [1.165, 1.54) is 0 Å². The minimum Gasteiger partial charge on any atom is -0.344 e. The summed E-state index contributed by atoms with van der Waals surface area (Å²) < 4.78 is 0. The summed E-state index contributed by atoms with van der Waals surface area (Å²) in [5, 5.41) is 3.19. The molecule has 7 heteroatoms. The molecular weight excluding hydrogens is 414 g/mol. The lowest BCUT2D eigenvalue weighted by Crippen LogP contribution is -2.43. The number of nitrogens with zero attached hydrogens (tertiary/aromatic N) is 3. The average molecular weight is 444 g/mol. The van der Waals surface area contributed by atoms with Gasteiger partial charge >= 0.3 is 0 Å². The van der Waals surface area contributed by atoms with Gasteiger partial charge in [-0.2, -0.15) is 0 Å². The van der Waals surface area contributed by atoms with Gasteiger partial charge in [0.2, 0.25) is 11.9 Å². The van der Waals surface area contributed by atoms with Gasteiger partial charge in [-0.15, -0.1) is 0 Å². The molecule has 0 aliphatic carbocycles. The van der Waals surface area contributed by atoms with Crippen LogP contribution in [0.3, 0.4) is 0 Å². The van der Waals surface area contributed by atoms with Gasteiger partial charge in [-0.1, -0.05) is 60.7 Å². The molecule has 1 fully saturated rings. The second-order valence-corrected chi connectivity index (χ2v) is 8.79. The largest absolute Gasteiger partial charge is 0.344 e. The Hall–Kier alpha value is -3.45. The molecule has 0 radical (unpaired) electrons. The average Bonchev–Trinajstić information content (AvgIpc) is 3.39. The highest BCUT2D eigenvalue weighted by atomic mass is 16.2. The fraction of sp³-hybridized carbons (Fsp3) is 0.346. The number of amides is 1. The highest BCUT2D eigenvalue weighted by molar-refractivity contribution is 5.79. The number of carbonyl (C=O) groups excluding carboxylic acids is 1. The van der Waals surface area contributed by atoms with Crippen molar-refractivity contribution in [2.75, 3.05) is 31.1 Å². The van der Waals surface area contributed by atoms with Crippen molar-refractivity contribution in [2.45, 2.75) is 31.8 Å². The third-order valence-corrected chi connectivity index (χ3v) is 6.48. The van der Waals surface area contributed by atoms with Crippen LogP contribution in [0.25, 0.3) is 0 Å². The van der Waals surface area contributed by atoms with Crippen molar-refractivity contribution >= 4 is 11.9 Å². The van der Waals surface area contributed by atoms with Crippen LogP contribution in [0, 0.1) is 0 Å². The molecule has 1 amide bonds. The molecular formula is C26H29N5O2. The standard InChI is InChI=1S/C26H29N5O2/c32-23(28-24(19-9-3-1-4-10-19)20-11-5-2-6-12-20)18-30-16-13-22-21(17-30)25(33)29-26(27-22)31-14-7-8-15-31/h1-6,9-12,24H,7-8,13-18H2,(H,28,32)(H,27,29,33). The first kappa shape index (κ1) is 21.4. The molecule has 3 heterocycles. The Morgan fingerprint density at radius 1 is 0.970 bits per heavy atom. The van der Waals surface area contributed by atoms with Crippen molar-refractivity contribution in [3.05, 3.63) is 93.4 Å². The van der Waals surface area contributed by atoms with Crippen LogP contribution in [-0.4, -0.2) is 47.0 Å². The zero-order valence-electron chi connectivity index (χ0n) is 18.7. The fourth-order valence-electron chi connectivity index (χ4n) is 4.74. The fourth-order valence-corrected chi connectivity index (χ4v) is 4.74. The van der Waals surface area contributed by atoms with Gasteiger partial charge in [0.25, 0.3) is 5.56 Å². The third-order valence-electron chi connectivity index (χ3n) is 6.48. The van der Waals surface area contributed by atoms with Crippen LogP contribution in [0.15, 0.2) is 65.5 Å². The number of rotatable bonds is 6. The van der Waals surface area contributed by atoms with Gasteiger partial charge in [-0.3, -0.25) is 19.5 Å². The number of nitrogens with one attached hydrogen (secondary N) is 2. The van der Waals surface area contributed by atoms with Gasteiger partial charge in [0.05, 0.1) is 23.8 Å². The zero-order chi connectivity index (χ0) is 22.6. The predicted molar refractivity (Wildman–Crippen MR) is 128 cm³/mol. The molecule has 3 aromatic rings. The number of hydrogen-bond donors (Lipinski definition) is 2. The second-order valence-electron chi connectivity index (χ2n) is 8.79. The van der Waals surface area contributed by atoms with Crippen molar-refractivity contribution in [1.82, 2.24) is 20.2 Å². The molecule has 2 aromatic carbocycles. The van der Waals surface area contributed by atoms with Crippen LogP contribution in [0.4, 0.5) is 5.95 Å². The number of carbonyl (C=O) groups is 1. The summed E-state index contributed by atoms with van der Waals surface area (Å²) in [6.07, 6.45) is 2.95. The summed E-state index contributed by atoms with van der Waals surface area (Å²) in [5.41, 5.74) is 3.54. The second kappa shape index (κ2) is 9.58. The topological polar surface area (TPSA) is 81.3 Å². The monoisotopic (exact) mass is 443 g/mol. The van der Waals surface area contributed by atoms with Crippen molar-refractivity contribution in [3.8, 4) is 0 Å². The summed E-state index contributed by atoms with van der Waals surface area (Å²) in [5.74, 6) is 0.630. The van der Waals surface area contributed by atoms with Crippen LogP contribution in [0.1, 0.15) is 41.3 Å². The van der Waals surface area contributed by atoms with Crippen molar-refractivity contribution in [1.29, 1.82) is 0 Å². The summed E-state index contributed by atoms with van der Waals surface area (Å²) in [6.45, 7) is 3.27. The van der Waals surface area contributed by atoms with Crippen LogP contribution in [0.2, 0.25) is 0 Å². The van der Waals surface area contributed by atoms with Crippen LogP contribution >= 0.6 is 0 Å². The van der Waals surface area contributed by atoms with E-state index in [1.807, 2.05) is 65.6 Å². The van der Waals surface area contributed by atoms with Crippen LogP contribution in [-0.2, 0) is 17.8 Å². The van der Waals surface area contributed by atoms with Crippen molar-refractivity contribution in [3.63, 3.8) is 0 Å². The number of aromatic amines is 1. The summed E-state index contributed by atoms with van der Waals surface area (Å²) in [7, 11) is 0. The molecule has 7 nitrogen and oxygen atoms in total. The molecule has 2 aliphatic rings. The van der Waals surface area contributed by atoms with Crippen LogP contribution < -0.4 is 15.8 Å². The number of hydrogen-bond acceptors (Lipinski definition) is 5. The molecule has 5 rings (SSSR count). The number of aromatic nitrogens is 2. The number of benzene rings is 2. The van der Waals surface area contributed by atoms with Gasteiger partial charge in [-0.25, -0.2) is 4.98 Å². The van der Waals surface area contributed by atoms with Crippen molar-refractivity contribution in [2.24, 2.45) is 0 Å². The normalized spacial score (nSPS) is 16.1. The Morgan fingerprint density at radius 2 is 1.61 bits per heavy atom. The molecule has 2 N–H and O–H groups in total. The van der Waals surface area contributed by atoms with E-state index in [2.05, 4.69) is 15.2 Å². The Kier molecular flexibility index (Phi) is 6.21.